The molecule has 0 amide bonds. The Bertz CT molecular complexity index is 1030. The van der Waals surface area contributed by atoms with E-state index in [0.29, 0.717) is 10.8 Å². The predicted molar refractivity (Wildman–Crippen MR) is 92.3 cm³/mol. The highest BCUT2D eigenvalue weighted by atomic mass is 35.5. The Labute approximate surface area is 146 Å². The lowest BCUT2D eigenvalue weighted by Crippen LogP contribution is -2.01. The van der Waals surface area contributed by atoms with Gasteiger partial charge in [0, 0.05) is 34.5 Å². The average molecular weight is 363 g/mol. The van der Waals surface area contributed by atoms with Gasteiger partial charge in [0.1, 0.15) is 11.6 Å². The van der Waals surface area contributed by atoms with Crippen LogP contribution in [0.3, 0.4) is 0 Å². The average Bonchev–Trinajstić information content (AvgIpc) is 2.57. The van der Waals surface area contributed by atoms with Crippen molar-refractivity contribution in [2.75, 3.05) is 12.8 Å². The van der Waals surface area contributed by atoms with Gasteiger partial charge in [0.05, 0.1) is 17.1 Å². The normalized spacial score (nSPS) is 10.9. The molecule has 7 nitrogen and oxygen atoms in total. The molecule has 3 rings (SSSR count). The summed E-state index contributed by atoms with van der Waals surface area (Å²) in [5, 5.41) is 12.2. The van der Waals surface area contributed by atoms with Gasteiger partial charge in [-0.2, -0.15) is 0 Å². The van der Waals surface area contributed by atoms with Crippen molar-refractivity contribution in [2.24, 2.45) is 0 Å². The molecule has 0 bridgehead atoms. The van der Waals surface area contributed by atoms with E-state index in [4.69, 9.17) is 22.1 Å². The van der Waals surface area contributed by atoms with Crippen LogP contribution in [-0.4, -0.2) is 22.0 Å². The molecule has 0 spiro atoms. The number of nitrogens with two attached hydrogens (primary N) is 1. The Hall–Kier alpha value is -3.00. The number of pyridine rings is 2. The second-order valence-corrected chi connectivity index (χ2v) is 5.67. The highest BCUT2D eigenvalue weighted by Gasteiger charge is 2.25. The minimum atomic E-state index is -0.717. The Morgan fingerprint density at radius 1 is 1.28 bits per heavy atom. The van der Waals surface area contributed by atoms with Crippen LogP contribution in [0.1, 0.15) is 5.56 Å². The zero-order chi connectivity index (χ0) is 18.3. The van der Waals surface area contributed by atoms with Crippen molar-refractivity contribution in [1.82, 2.24) is 9.97 Å². The first kappa shape index (κ1) is 16.8. The molecule has 0 saturated carbocycles. The molecule has 3 aromatic rings. The number of fused-ring (bicyclic) bond motifs is 1. The predicted octanol–water partition coefficient (Wildman–Crippen LogP) is 3.90. The molecule has 0 aliphatic heterocycles. The zero-order valence-corrected chi connectivity index (χ0v) is 14.0. The number of aromatic nitrogens is 2. The van der Waals surface area contributed by atoms with Gasteiger partial charge in [-0.15, -0.1) is 0 Å². The topological polar surface area (TPSA) is 104 Å². The van der Waals surface area contributed by atoms with E-state index < -0.39 is 10.7 Å². The summed E-state index contributed by atoms with van der Waals surface area (Å²) < 4.78 is 19.7. The Kier molecular flexibility index (Phi) is 4.13. The van der Waals surface area contributed by atoms with Crippen molar-refractivity contribution in [3.8, 4) is 17.0 Å². The second kappa shape index (κ2) is 6.14. The summed E-state index contributed by atoms with van der Waals surface area (Å²) in [7, 11) is 1.28. The standard InChI is InChI=1S/C16H12ClFN4O3/c1-7-10(5-21-16(25-2)15(7)22(23)24)9-3-8-4-12(19)20-6-11(8)13(17)14(9)18/h3-6H,1-2H3,(H2,19,20). The van der Waals surface area contributed by atoms with Gasteiger partial charge in [-0.1, -0.05) is 11.6 Å². The van der Waals surface area contributed by atoms with Gasteiger partial charge in [-0.25, -0.2) is 14.4 Å². The van der Waals surface area contributed by atoms with Crippen LogP contribution in [0.5, 0.6) is 5.88 Å². The van der Waals surface area contributed by atoms with E-state index >= 15 is 0 Å². The van der Waals surface area contributed by atoms with E-state index in [9.17, 15) is 14.5 Å². The highest BCUT2D eigenvalue weighted by Crippen LogP contribution is 2.40. The van der Waals surface area contributed by atoms with Gasteiger partial charge in [0.25, 0.3) is 5.88 Å². The van der Waals surface area contributed by atoms with Crippen LogP contribution in [-0.2, 0) is 0 Å². The lowest BCUT2D eigenvalue weighted by Gasteiger charge is -2.12. The highest BCUT2D eigenvalue weighted by molar-refractivity contribution is 6.36. The number of nitro groups is 1. The molecule has 1 aromatic carbocycles. The fraction of sp³-hybridized carbons (Fsp3) is 0.125. The van der Waals surface area contributed by atoms with Gasteiger partial charge in [-0.05, 0) is 24.4 Å². The number of halogens is 2. The quantitative estimate of drug-likeness (QED) is 0.559. The third-order valence-corrected chi connectivity index (χ3v) is 4.23. The summed E-state index contributed by atoms with van der Waals surface area (Å²) in [5.74, 6) is -0.617. The number of benzene rings is 1. The van der Waals surface area contributed by atoms with Crippen LogP contribution in [0.2, 0.25) is 5.02 Å². The Morgan fingerprint density at radius 2 is 2.00 bits per heavy atom. The number of nitrogen functional groups attached to an aromatic ring is 1. The van der Waals surface area contributed by atoms with Crippen molar-refractivity contribution in [1.29, 1.82) is 0 Å². The molecule has 128 valence electrons. The van der Waals surface area contributed by atoms with Crippen molar-refractivity contribution < 1.29 is 14.1 Å². The van der Waals surface area contributed by atoms with Crippen molar-refractivity contribution in [2.45, 2.75) is 6.92 Å². The first-order chi connectivity index (χ1) is 11.8. The van der Waals surface area contributed by atoms with E-state index in [1.165, 1.54) is 32.5 Å². The van der Waals surface area contributed by atoms with Crippen molar-refractivity contribution >= 4 is 33.9 Å². The summed E-state index contributed by atoms with van der Waals surface area (Å²) in [4.78, 5) is 18.5. The van der Waals surface area contributed by atoms with E-state index in [1.807, 2.05) is 0 Å². The first-order valence-electron chi connectivity index (χ1n) is 7.06. The van der Waals surface area contributed by atoms with Crippen LogP contribution < -0.4 is 10.5 Å². The monoisotopic (exact) mass is 362 g/mol. The van der Waals surface area contributed by atoms with E-state index in [0.717, 1.165) is 0 Å². The second-order valence-electron chi connectivity index (χ2n) is 5.29. The number of nitrogens with zero attached hydrogens (tertiary/aromatic N) is 3. The largest absolute Gasteiger partial charge is 0.476 e. The molecule has 0 fully saturated rings. The maximum absolute atomic E-state index is 14.8. The smallest absolute Gasteiger partial charge is 0.334 e. The minimum Gasteiger partial charge on any atom is -0.476 e. The summed E-state index contributed by atoms with van der Waals surface area (Å²) >= 11 is 6.11. The maximum atomic E-state index is 14.8. The third-order valence-electron chi connectivity index (χ3n) is 3.86. The van der Waals surface area contributed by atoms with E-state index in [1.54, 1.807) is 6.07 Å². The fourth-order valence-electron chi connectivity index (χ4n) is 2.65. The van der Waals surface area contributed by atoms with Crippen LogP contribution >= 0.6 is 11.6 Å². The molecule has 2 aromatic heterocycles. The number of hydrogen-bond donors (Lipinski definition) is 1. The molecule has 0 aliphatic rings. The molecule has 25 heavy (non-hydrogen) atoms. The number of methoxy groups -OCH3 is 1. The van der Waals surface area contributed by atoms with Crippen LogP contribution in [0, 0.1) is 22.9 Å². The number of hydrogen-bond acceptors (Lipinski definition) is 6. The van der Waals surface area contributed by atoms with E-state index in [2.05, 4.69) is 9.97 Å². The van der Waals surface area contributed by atoms with Crippen LogP contribution in [0.4, 0.5) is 15.9 Å². The molecule has 2 heterocycles. The molecule has 0 aliphatic carbocycles. The summed E-state index contributed by atoms with van der Waals surface area (Å²) in [6, 6.07) is 3.06. The van der Waals surface area contributed by atoms with E-state index in [-0.39, 0.29) is 39.1 Å². The first-order valence-corrected chi connectivity index (χ1v) is 7.44. The number of anilines is 1. The van der Waals surface area contributed by atoms with Gasteiger partial charge >= 0.3 is 5.69 Å². The Morgan fingerprint density at radius 3 is 2.64 bits per heavy atom. The number of ether oxygens (including phenoxy) is 1. The summed E-state index contributed by atoms with van der Waals surface area (Å²) in [6.07, 6.45) is 2.69. The summed E-state index contributed by atoms with van der Waals surface area (Å²) in [5.41, 5.74) is 5.88. The molecule has 0 atom stereocenters. The van der Waals surface area contributed by atoms with Crippen molar-refractivity contribution in [3.63, 3.8) is 0 Å². The minimum absolute atomic E-state index is 0.0823. The fourth-order valence-corrected chi connectivity index (χ4v) is 2.91. The molecule has 0 radical (unpaired) electrons. The third kappa shape index (κ3) is 2.70. The summed E-state index contributed by atoms with van der Waals surface area (Å²) in [6.45, 7) is 1.50. The van der Waals surface area contributed by atoms with Crippen LogP contribution in [0.15, 0.2) is 24.5 Å². The van der Waals surface area contributed by atoms with Gasteiger partial charge < -0.3 is 10.5 Å². The van der Waals surface area contributed by atoms with Gasteiger partial charge in [-0.3, -0.25) is 10.1 Å². The SMILES string of the molecule is COc1ncc(-c2cc3cc(N)ncc3c(Cl)c2F)c(C)c1[N+](=O)[O-]. The van der Waals surface area contributed by atoms with Gasteiger partial charge in [0.15, 0.2) is 0 Å². The zero-order valence-electron chi connectivity index (χ0n) is 13.2. The molecule has 0 saturated heterocycles. The molecular formula is C16H12ClFN4O3. The molecule has 2 N–H and O–H groups in total. The van der Waals surface area contributed by atoms with Crippen LogP contribution in [0.25, 0.3) is 21.9 Å². The van der Waals surface area contributed by atoms with Crippen molar-refractivity contribution in [3.05, 3.63) is 51.0 Å². The maximum Gasteiger partial charge on any atom is 0.334 e. The lowest BCUT2D eigenvalue weighted by atomic mass is 9.98. The lowest BCUT2D eigenvalue weighted by molar-refractivity contribution is -0.386. The molecule has 9 heteroatoms. The Balaban J connectivity index is 2.35. The molecule has 0 unspecified atom stereocenters. The molecular weight excluding hydrogens is 351 g/mol. The number of rotatable bonds is 3. The van der Waals surface area contributed by atoms with Gasteiger partial charge in [0.2, 0.25) is 0 Å².